The van der Waals surface area contributed by atoms with E-state index in [4.69, 9.17) is 21.3 Å². The second kappa shape index (κ2) is 9.10. The third kappa shape index (κ3) is 4.44. The summed E-state index contributed by atoms with van der Waals surface area (Å²) in [7, 11) is 3.39. The third-order valence-electron chi connectivity index (χ3n) is 5.21. The van der Waals surface area contributed by atoms with Gasteiger partial charge in [0.15, 0.2) is 0 Å². The molecule has 0 radical (unpaired) electrons. The van der Waals surface area contributed by atoms with Crippen molar-refractivity contribution in [3.8, 4) is 5.69 Å². The van der Waals surface area contributed by atoms with Crippen molar-refractivity contribution in [3.05, 3.63) is 58.4 Å². The van der Waals surface area contributed by atoms with E-state index in [-0.39, 0.29) is 23.7 Å². The number of amides is 1. The van der Waals surface area contributed by atoms with Gasteiger partial charge >= 0.3 is 5.97 Å². The Labute approximate surface area is 187 Å². The monoisotopic (exact) mass is 441 g/mol. The van der Waals surface area contributed by atoms with Gasteiger partial charge in [0.1, 0.15) is 5.82 Å². The highest BCUT2D eigenvalue weighted by Crippen LogP contribution is 2.31. The summed E-state index contributed by atoms with van der Waals surface area (Å²) in [5, 5.41) is 0.384. The molecule has 0 aliphatic rings. The quantitative estimate of drug-likeness (QED) is 0.495. The maximum absolute atomic E-state index is 12.5. The summed E-state index contributed by atoms with van der Waals surface area (Å²) in [5.74, 6) is 0.275. The first kappa shape index (κ1) is 22.8. The van der Waals surface area contributed by atoms with Gasteiger partial charge in [-0.2, -0.15) is 0 Å². The molecule has 0 N–H and O–H groups in total. The molecule has 7 heteroatoms. The summed E-state index contributed by atoms with van der Waals surface area (Å²) in [5.41, 5.74) is 3.76. The van der Waals surface area contributed by atoms with Crippen molar-refractivity contribution in [2.75, 3.05) is 20.7 Å². The Bertz CT molecular complexity index is 1120. The van der Waals surface area contributed by atoms with Crippen LogP contribution in [0, 0.1) is 0 Å². The largest absolute Gasteiger partial charge is 0.466 e. The smallest absolute Gasteiger partial charge is 0.313 e. The molecule has 0 bridgehead atoms. The number of hydrogen-bond donors (Lipinski definition) is 0. The van der Waals surface area contributed by atoms with Crippen LogP contribution in [0.5, 0.6) is 0 Å². The molecule has 1 heterocycles. The molecule has 0 spiro atoms. The van der Waals surface area contributed by atoms with E-state index in [0.29, 0.717) is 22.7 Å². The first-order valence-corrected chi connectivity index (χ1v) is 10.7. The van der Waals surface area contributed by atoms with E-state index < -0.39 is 0 Å². The molecular weight excluding hydrogens is 414 g/mol. The highest BCUT2D eigenvalue weighted by Gasteiger charge is 2.21. The Hall–Kier alpha value is -2.86. The predicted octanol–water partition coefficient (Wildman–Crippen LogP) is 5.17. The molecule has 1 aromatic heterocycles. The second-order valence-electron chi connectivity index (χ2n) is 8.05. The van der Waals surface area contributed by atoms with Gasteiger partial charge in [-0.05, 0) is 43.7 Å². The summed E-state index contributed by atoms with van der Waals surface area (Å²) in [4.78, 5) is 30.8. The first-order chi connectivity index (χ1) is 14.6. The van der Waals surface area contributed by atoms with Crippen LogP contribution in [0.15, 0.2) is 36.4 Å². The van der Waals surface area contributed by atoms with Gasteiger partial charge in [-0.3, -0.25) is 14.2 Å². The lowest BCUT2D eigenvalue weighted by atomic mass is 10.0. The number of imidazole rings is 1. The van der Waals surface area contributed by atoms with Crippen LogP contribution in [0.25, 0.3) is 16.7 Å². The highest BCUT2D eigenvalue weighted by atomic mass is 35.5. The van der Waals surface area contributed by atoms with E-state index in [0.717, 1.165) is 22.6 Å². The van der Waals surface area contributed by atoms with E-state index in [9.17, 15) is 9.59 Å². The minimum Gasteiger partial charge on any atom is -0.466 e. The summed E-state index contributed by atoms with van der Waals surface area (Å²) in [6.07, 6.45) is 0. The van der Waals surface area contributed by atoms with E-state index in [1.165, 1.54) is 4.90 Å². The van der Waals surface area contributed by atoms with Crippen molar-refractivity contribution in [2.24, 2.45) is 0 Å². The zero-order valence-electron chi connectivity index (χ0n) is 18.8. The number of halogens is 1. The third-order valence-corrected chi connectivity index (χ3v) is 5.53. The molecular formula is C24H28ClN3O3. The summed E-state index contributed by atoms with van der Waals surface area (Å²) in [6, 6.07) is 11.3. The van der Waals surface area contributed by atoms with Crippen LogP contribution in [0.1, 0.15) is 61.3 Å². The SMILES string of the molecule is CCOC(=O)C(C)c1ccc(-n2c(C(C)C)nc3cc(C(=O)N(C)C)c(Cl)cc32)cc1. The van der Waals surface area contributed by atoms with Crippen LogP contribution in [-0.2, 0) is 9.53 Å². The van der Waals surface area contributed by atoms with Crippen molar-refractivity contribution >= 4 is 34.5 Å². The topological polar surface area (TPSA) is 64.4 Å². The Morgan fingerprint density at radius 3 is 2.32 bits per heavy atom. The van der Waals surface area contributed by atoms with Crippen LogP contribution < -0.4 is 0 Å². The van der Waals surface area contributed by atoms with Crippen LogP contribution in [0.2, 0.25) is 5.02 Å². The lowest BCUT2D eigenvalue weighted by Crippen LogP contribution is -2.22. The molecule has 3 aromatic rings. The number of rotatable bonds is 6. The molecule has 0 aliphatic heterocycles. The molecule has 0 aliphatic carbocycles. The average molecular weight is 442 g/mol. The number of nitrogens with zero attached hydrogens (tertiary/aromatic N) is 3. The second-order valence-corrected chi connectivity index (χ2v) is 8.45. The van der Waals surface area contributed by atoms with Crippen molar-refractivity contribution in [1.82, 2.24) is 14.5 Å². The molecule has 1 atom stereocenters. The number of ether oxygens (including phenoxy) is 1. The number of carbonyl (C=O) groups excluding carboxylic acids is 2. The van der Waals surface area contributed by atoms with Gasteiger partial charge in [0, 0.05) is 25.7 Å². The number of fused-ring (bicyclic) bond motifs is 1. The molecule has 2 aromatic carbocycles. The van der Waals surface area contributed by atoms with Crippen molar-refractivity contribution in [1.29, 1.82) is 0 Å². The van der Waals surface area contributed by atoms with Gasteiger partial charge in [0.25, 0.3) is 5.91 Å². The fraction of sp³-hybridized carbons (Fsp3) is 0.375. The standard InChI is InChI=1S/C24H28ClN3O3/c1-7-31-24(30)15(4)16-8-10-17(11-9-16)28-21-13-19(25)18(23(29)27(5)6)12-20(21)26-22(28)14(2)3/h8-15H,7H2,1-6H3. The van der Waals surface area contributed by atoms with Crippen LogP contribution in [-0.4, -0.2) is 47.0 Å². The van der Waals surface area contributed by atoms with Crippen molar-refractivity contribution in [3.63, 3.8) is 0 Å². The Morgan fingerprint density at radius 2 is 1.77 bits per heavy atom. The lowest BCUT2D eigenvalue weighted by Gasteiger charge is -2.15. The maximum atomic E-state index is 12.5. The molecule has 1 unspecified atom stereocenters. The van der Waals surface area contributed by atoms with Gasteiger partial charge < -0.3 is 9.64 Å². The molecule has 0 saturated heterocycles. The normalized spacial score (nSPS) is 12.3. The molecule has 1 amide bonds. The van der Waals surface area contributed by atoms with Crippen molar-refractivity contribution in [2.45, 2.75) is 39.5 Å². The van der Waals surface area contributed by atoms with Crippen molar-refractivity contribution < 1.29 is 14.3 Å². The van der Waals surface area contributed by atoms with Gasteiger partial charge in [-0.25, -0.2) is 4.98 Å². The van der Waals surface area contributed by atoms with E-state index in [1.54, 1.807) is 33.2 Å². The predicted molar refractivity (Wildman–Crippen MR) is 123 cm³/mol. The highest BCUT2D eigenvalue weighted by molar-refractivity contribution is 6.34. The molecule has 6 nitrogen and oxygen atoms in total. The summed E-state index contributed by atoms with van der Waals surface area (Å²) >= 11 is 6.48. The van der Waals surface area contributed by atoms with Gasteiger partial charge in [-0.1, -0.05) is 37.6 Å². The van der Waals surface area contributed by atoms with Crippen LogP contribution >= 0.6 is 11.6 Å². The number of esters is 1. The Morgan fingerprint density at radius 1 is 1.13 bits per heavy atom. The number of aromatic nitrogens is 2. The molecule has 0 fully saturated rings. The number of carbonyl (C=O) groups is 2. The summed E-state index contributed by atoms with van der Waals surface area (Å²) < 4.78 is 7.18. The van der Waals surface area contributed by atoms with Gasteiger partial charge in [-0.15, -0.1) is 0 Å². The van der Waals surface area contributed by atoms with Crippen LogP contribution in [0.3, 0.4) is 0 Å². The minimum atomic E-state index is -0.341. The molecule has 31 heavy (non-hydrogen) atoms. The summed E-state index contributed by atoms with van der Waals surface area (Å²) in [6.45, 7) is 8.14. The lowest BCUT2D eigenvalue weighted by molar-refractivity contribution is -0.144. The maximum Gasteiger partial charge on any atom is 0.313 e. The number of benzene rings is 2. The average Bonchev–Trinajstić information content (AvgIpc) is 3.10. The fourth-order valence-electron chi connectivity index (χ4n) is 3.50. The zero-order chi connectivity index (χ0) is 22.9. The van der Waals surface area contributed by atoms with E-state index in [2.05, 4.69) is 18.4 Å². The molecule has 0 saturated carbocycles. The van der Waals surface area contributed by atoms with E-state index >= 15 is 0 Å². The fourth-order valence-corrected chi connectivity index (χ4v) is 3.73. The minimum absolute atomic E-state index is 0.150. The van der Waals surface area contributed by atoms with E-state index in [1.807, 2.05) is 31.2 Å². The number of hydrogen-bond acceptors (Lipinski definition) is 4. The first-order valence-electron chi connectivity index (χ1n) is 10.4. The van der Waals surface area contributed by atoms with Crippen LogP contribution in [0.4, 0.5) is 0 Å². The zero-order valence-corrected chi connectivity index (χ0v) is 19.5. The van der Waals surface area contributed by atoms with Gasteiger partial charge in [0.05, 0.1) is 34.1 Å². The van der Waals surface area contributed by atoms with Gasteiger partial charge in [0.2, 0.25) is 0 Å². The molecule has 164 valence electrons. The Balaban J connectivity index is 2.11. The molecule has 3 rings (SSSR count). The Kier molecular flexibility index (Phi) is 6.70.